The minimum atomic E-state index is 0.601. The zero-order valence-corrected chi connectivity index (χ0v) is 18.3. The van der Waals surface area contributed by atoms with E-state index in [1.807, 2.05) is 7.05 Å². The predicted octanol–water partition coefficient (Wildman–Crippen LogP) is 6.69. The van der Waals surface area contributed by atoms with Gasteiger partial charge in [-0.2, -0.15) is 0 Å². The van der Waals surface area contributed by atoms with Crippen LogP contribution in [-0.2, 0) is 4.74 Å². The van der Waals surface area contributed by atoms with Gasteiger partial charge < -0.3 is 10.1 Å². The van der Waals surface area contributed by atoms with Crippen LogP contribution in [0.3, 0.4) is 0 Å². The van der Waals surface area contributed by atoms with Gasteiger partial charge in [-0.15, -0.1) is 0 Å². The number of ether oxygens (including phenoxy) is 1. The van der Waals surface area contributed by atoms with Crippen LogP contribution in [0, 0.1) is 17.8 Å². The summed E-state index contributed by atoms with van der Waals surface area (Å²) in [5.41, 5.74) is 0. The summed E-state index contributed by atoms with van der Waals surface area (Å²) in [7, 11) is 2.01. The molecule has 2 nitrogen and oxygen atoms in total. The highest BCUT2D eigenvalue weighted by Gasteiger charge is 2.15. The van der Waals surface area contributed by atoms with Crippen molar-refractivity contribution in [3.8, 4) is 0 Å². The summed E-state index contributed by atoms with van der Waals surface area (Å²) in [5.74, 6) is 2.48. The Kier molecular flexibility index (Phi) is 21.0. The van der Waals surface area contributed by atoms with Gasteiger partial charge in [-0.05, 0) is 50.6 Å². The molecule has 1 rings (SSSR count). The molecule has 0 heterocycles. The van der Waals surface area contributed by atoms with Gasteiger partial charge in [-0.25, -0.2) is 0 Å². The standard InChI is InChI=1S/C10H20O.C7H17N.C5H12/c1-3-9(2)8-11-10-6-4-5-7-10;1-4-5-7(2)6-8-3;1-4-5(2)3/h9-10H,3-8H2,1-2H3;7-8H,4-6H2,1-3H3;5H,4H2,1-3H3. The van der Waals surface area contributed by atoms with E-state index < -0.39 is 0 Å². The zero-order chi connectivity index (χ0) is 18.8. The highest BCUT2D eigenvalue weighted by atomic mass is 16.5. The van der Waals surface area contributed by atoms with Crippen molar-refractivity contribution < 1.29 is 4.74 Å². The van der Waals surface area contributed by atoms with Crippen LogP contribution in [0.15, 0.2) is 0 Å². The predicted molar refractivity (Wildman–Crippen MR) is 111 cm³/mol. The maximum absolute atomic E-state index is 5.76. The Morgan fingerprint density at radius 1 is 0.917 bits per heavy atom. The maximum atomic E-state index is 5.76. The zero-order valence-electron chi connectivity index (χ0n) is 18.3. The van der Waals surface area contributed by atoms with E-state index >= 15 is 0 Å². The monoisotopic (exact) mass is 343 g/mol. The van der Waals surface area contributed by atoms with Crippen LogP contribution in [-0.4, -0.2) is 26.3 Å². The molecule has 2 atom stereocenters. The topological polar surface area (TPSA) is 21.3 Å². The first-order valence-electron chi connectivity index (χ1n) is 10.7. The molecular formula is C22H49NO. The molecule has 2 heteroatoms. The molecule has 0 aliphatic heterocycles. The summed E-state index contributed by atoms with van der Waals surface area (Å²) in [5, 5.41) is 3.15. The fourth-order valence-corrected chi connectivity index (χ4v) is 2.42. The van der Waals surface area contributed by atoms with Gasteiger partial charge in [0.25, 0.3) is 0 Å². The van der Waals surface area contributed by atoms with E-state index in [1.165, 1.54) is 51.4 Å². The molecule has 0 amide bonds. The quantitative estimate of drug-likeness (QED) is 0.504. The summed E-state index contributed by atoms with van der Waals surface area (Å²) in [6.07, 6.45) is 11.2. The lowest BCUT2D eigenvalue weighted by Gasteiger charge is -2.14. The summed E-state index contributed by atoms with van der Waals surface area (Å²) in [6.45, 7) is 17.8. The van der Waals surface area contributed by atoms with E-state index in [1.54, 1.807) is 0 Å². The van der Waals surface area contributed by atoms with E-state index in [-0.39, 0.29) is 0 Å². The van der Waals surface area contributed by atoms with Crippen LogP contribution in [0.5, 0.6) is 0 Å². The van der Waals surface area contributed by atoms with E-state index in [2.05, 4.69) is 53.8 Å². The highest BCUT2D eigenvalue weighted by molar-refractivity contribution is 4.67. The molecule has 1 aliphatic carbocycles. The van der Waals surface area contributed by atoms with Gasteiger partial charge in [0.15, 0.2) is 0 Å². The van der Waals surface area contributed by atoms with Crippen LogP contribution < -0.4 is 5.32 Å². The smallest absolute Gasteiger partial charge is 0.0575 e. The molecule has 148 valence electrons. The Balaban J connectivity index is 0. The SMILES string of the molecule is CCC(C)C.CCC(C)COC1CCCC1.CCCC(C)CNC. The number of hydrogen-bond acceptors (Lipinski definition) is 2. The first kappa shape index (κ1) is 26.2. The van der Waals surface area contributed by atoms with Crippen molar-refractivity contribution in [2.45, 2.75) is 106 Å². The third-order valence-electron chi connectivity index (χ3n) is 4.77. The van der Waals surface area contributed by atoms with Crippen molar-refractivity contribution in [3.05, 3.63) is 0 Å². The van der Waals surface area contributed by atoms with Gasteiger partial charge in [0.2, 0.25) is 0 Å². The molecule has 1 saturated carbocycles. The average molecular weight is 344 g/mol. The lowest BCUT2D eigenvalue weighted by Crippen LogP contribution is -2.15. The van der Waals surface area contributed by atoms with E-state index in [9.17, 15) is 0 Å². The second kappa shape index (κ2) is 19.2. The number of rotatable bonds is 9. The molecule has 0 aromatic heterocycles. The van der Waals surface area contributed by atoms with E-state index in [4.69, 9.17) is 4.74 Å². The molecule has 0 bridgehead atoms. The van der Waals surface area contributed by atoms with E-state index in [0.29, 0.717) is 6.10 Å². The molecule has 0 aromatic carbocycles. The molecule has 0 spiro atoms. The van der Waals surface area contributed by atoms with Crippen molar-refractivity contribution in [2.24, 2.45) is 17.8 Å². The van der Waals surface area contributed by atoms with Gasteiger partial charge in [-0.1, -0.05) is 80.6 Å². The fraction of sp³-hybridized carbons (Fsp3) is 1.00. The van der Waals surface area contributed by atoms with Gasteiger partial charge in [0, 0.05) is 6.61 Å². The van der Waals surface area contributed by atoms with Crippen molar-refractivity contribution in [1.29, 1.82) is 0 Å². The Bertz CT molecular complexity index is 218. The van der Waals surface area contributed by atoms with Crippen LogP contribution in [0.1, 0.15) is 99.8 Å². The summed E-state index contributed by atoms with van der Waals surface area (Å²) >= 11 is 0. The third-order valence-corrected chi connectivity index (χ3v) is 4.77. The highest BCUT2D eigenvalue weighted by Crippen LogP contribution is 2.21. The average Bonchev–Trinajstić information content (AvgIpc) is 3.07. The second-order valence-corrected chi connectivity index (χ2v) is 8.01. The van der Waals surface area contributed by atoms with Gasteiger partial charge in [0.1, 0.15) is 0 Å². The molecular weight excluding hydrogens is 294 g/mol. The minimum Gasteiger partial charge on any atom is -0.378 e. The first-order valence-corrected chi connectivity index (χ1v) is 10.7. The fourth-order valence-electron chi connectivity index (χ4n) is 2.42. The Hall–Kier alpha value is -0.0800. The van der Waals surface area contributed by atoms with Crippen molar-refractivity contribution >= 4 is 0 Å². The molecule has 2 unspecified atom stereocenters. The largest absolute Gasteiger partial charge is 0.378 e. The van der Waals surface area contributed by atoms with Crippen LogP contribution in [0.4, 0.5) is 0 Å². The van der Waals surface area contributed by atoms with Gasteiger partial charge >= 0.3 is 0 Å². The van der Waals surface area contributed by atoms with Crippen molar-refractivity contribution in [1.82, 2.24) is 5.32 Å². The maximum Gasteiger partial charge on any atom is 0.0575 e. The molecule has 1 N–H and O–H groups in total. The Labute approximate surface area is 154 Å². The first-order chi connectivity index (χ1) is 11.4. The Morgan fingerprint density at radius 3 is 1.83 bits per heavy atom. The summed E-state index contributed by atoms with van der Waals surface area (Å²) in [6, 6.07) is 0. The van der Waals surface area contributed by atoms with E-state index in [0.717, 1.165) is 30.9 Å². The molecule has 0 aromatic rings. The van der Waals surface area contributed by atoms with Crippen molar-refractivity contribution in [2.75, 3.05) is 20.2 Å². The summed E-state index contributed by atoms with van der Waals surface area (Å²) in [4.78, 5) is 0. The lowest BCUT2D eigenvalue weighted by atomic mass is 10.1. The molecule has 0 saturated heterocycles. The Morgan fingerprint density at radius 2 is 1.46 bits per heavy atom. The molecule has 0 radical (unpaired) electrons. The lowest BCUT2D eigenvalue weighted by molar-refractivity contribution is 0.0364. The third kappa shape index (κ3) is 20.0. The minimum absolute atomic E-state index is 0.601. The molecule has 1 aliphatic rings. The van der Waals surface area contributed by atoms with Crippen LogP contribution in [0.25, 0.3) is 0 Å². The van der Waals surface area contributed by atoms with Crippen molar-refractivity contribution in [3.63, 3.8) is 0 Å². The van der Waals surface area contributed by atoms with Gasteiger partial charge in [-0.3, -0.25) is 0 Å². The second-order valence-electron chi connectivity index (χ2n) is 8.01. The normalized spacial score (nSPS) is 16.9. The number of hydrogen-bond donors (Lipinski definition) is 1. The van der Waals surface area contributed by atoms with Crippen LogP contribution >= 0.6 is 0 Å². The van der Waals surface area contributed by atoms with Crippen LogP contribution in [0.2, 0.25) is 0 Å². The summed E-state index contributed by atoms with van der Waals surface area (Å²) < 4.78 is 5.76. The number of nitrogens with one attached hydrogen (secondary N) is 1. The van der Waals surface area contributed by atoms with Gasteiger partial charge in [0.05, 0.1) is 6.10 Å². The molecule has 1 fully saturated rings. The molecule has 24 heavy (non-hydrogen) atoms.